The Labute approximate surface area is 759 Å². The minimum atomic E-state index is 0. The Kier molecular flexibility index (Phi) is 91.4. The molecule has 0 saturated heterocycles. The zero-order valence-electron chi connectivity index (χ0n) is 73.6. The number of hydrogen-bond donors (Lipinski definition) is 0. The molecule has 0 fully saturated rings. The van der Waals surface area contributed by atoms with Gasteiger partial charge in [0.05, 0.1) is 0 Å². The van der Waals surface area contributed by atoms with E-state index in [0.717, 1.165) is 33.4 Å². The van der Waals surface area contributed by atoms with Gasteiger partial charge < -0.3 is 13.7 Å². The predicted molar refractivity (Wildman–Crippen MR) is 500 cm³/mol. The van der Waals surface area contributed by atoms with Crippen LogP contribution in [0.25, 0.3) is 98.8 Å². The summed E-state index contributed by atoms with van der Waals surface area (Å²) in [6.45, 7) is 56.3. The van der Waals surface area contributed by atoms with Gasteiger partial charge in [0.15, 0.2) is 0 Å². The van der Waals surface area contributed by atoms with Gasteiger partial charge in [-0.2, -0.15) is 146 Å². The van der Waals surface area contributed by atoms with Gasteiger partial charge in [0.2, 0.25) is 0 Å². The maximum Gasteiger partial charge on any atom is 0.0491 e. The van der Waals surface area contributed by atoms with E-state index in [-0.39, 0.29) is 113 Å². The van der Waals surface area contributed by atoms with E-state index in [1.807, 2.05) is 326 Å². The van der Waals surface area contributed by atoms with Crippen molar-refractivity contribution in [2.24, 2.45) is 21.1 Å². The van der Waals surface area contributed by atoms with E-state index in [0.29, 0.717) is 0 Å². The van der Waals surface area contributed by atoms with Crippen LogP contribution in [0, 0.1) is 50.2 Å². The SMILES string of the molecule is C.C.CC.CC.CC.CC.CC.CC.CC.CC.CC.CC.CC.CC.CC.Cc1ccc2c(c1)c1ccccc1n2C.Cc1cccc2c1c1ccccc1n2C.Cn1c2ccccc2c2ccccc21.[Y].[Y].[Y].[c-]1ccccc1-c1[c-]cccc1.[c-]1ccccc1-c1[c-]cccc1.[c-]1ccccc1-c1[c-]cccc1. The molecule has 0 amide bonds. The Balaban J connectivity index is -0.000000150. The molecule has 0 aliphatic heterocycles. The minimum absolute atomic E-state index is 0. The quantitative estimate of drug-likeness (QED) is 0.157. The van der Waals surface area contributed by atoms with Crippen molar-refractivity contribution in [2.75, 3.05) is 0 Å². The molecule has 6 heteroatoms. The molecule has 0 aliphatic rings. The summed E-state index contributed by atoms with van der Waals surface area (Å²) in [7, 11) is 6.37. The van der Waals surface area contributed by atoms with Crippen molar-refractivity contribution in [1.29, 1.82) is 0 Å². The number of hydrogen-bond acceptors (Lipinski definition) is 0. The van der Waals surface area contributed by atoms with Gasteiger partial charge in [0, 0.05) is 185 Å². The van der Waals surface area contributed by atoms with Crippen LogP contribution in [-0.4, -0.2) is 13.7 Å². The van der Waals surface area contributed by atoms with Crippen LogP contribution < -0.4 is 0 Å². The fraction of sp³-hybridized carbons (Fsp3) is 0.314. The monoisotopic (exact) mass is 1720 g/mol. The van der Waals surface area contributed by atoms with Gasteiger partial charge in [-0.1, -0.05) is 291 Å². The van der Waals surface area contributed by atoms with Crippen LogP contribution in [0.1, 0.15) is 206 Å². The molecule has 0 spiro atoms. The van der Waals surface area contributed by atoms with E-state index in [1.165, 1.54) is 76.5 Å². The van der Waals surface area contributed by atoms with Crippen LogP contribution in [0.15, 0.2) is 279 Å². The van der Waals surface area contributed by atoms with E-state index in [2.05, 4.69) is 219 Å². The second-order valence-corrected chi connectivity index (χ2v) is 19.4. The summed E-state index contributed by atoms with van der Waals surface area (Å²) in [5, 5.41) is 8.12. The van der Waals surface area contributed by atoms with Gasteiger partial charge in [0.25, 0.3) is 0 Å². The number of benzene rings is 12. The second-order valence-electron chi connectivity index (χ2n) is 19.4. The van der Waals surface area contributed by atoms with Crippen molar-refractivity contribution in [3.63, 3.8) is 0 Å². The molecule has 3 nitrogen and oxygen atoms in total. The van der Waals surface area contributed by atoms with E-state index >= 15 is 0 Å². The smallest absolute Gasteiger partial charge is 0.0491 e. The average molecular weight is 1720 g/mol. The zero-order chi connectivity index (χ0) is 81.0. The zero-order valence-corrected chi connectivity index (χ0v) is 82.1. The summed E-state index contributed by atoms with van der Waals surface area (Å²) < 4.78 is 6.76. The van der Waals surface area contributed by atoms with Gasteiger partial charge in [0.1, 0.15) is 0 Å². The van der Waals surface area contributed by atoms with E-state index in [4.69, 9.17) is 0 Å². The molecule has 0 aliphatic carbocycles. The number of aromatic nitrogens is 3. The Hall–Kier alpha value is -6.65. The molecule has 0 saturated carbocycles. The average Bonchev–Trinajstić information content (AvgIpc) is 1.63. The number of nitrogens with zero attached hydrogens (tertiary/aromatic N) is 3. The molecule has 3 radical (unpaired) electrons. The fourth-order valence-electron chi connectivity index (χ4n) is 10.2. The van der Waals surface area contributed by atoms with Crippen molar-refractivity contribution in [1.82, 2.24) is 13.7 Å². The first-order valence-electron chi connectivity index (χ1n) is 39.9. The number of fused-ring (bicyclic) bond motifs is 9. The molecule has 15 rings (SSSR count). The van der Waals surface area contributed by atoms with Gasteiger partial charge in [-0.15, -0.1) is 36.4 Å². The Morgan fingerprint density at radius 2 is 0.396 bits per heavy atom. The molecule has 12 aromatic carbocycles. The van der Waals surface area contributed by atoms with E-state index in [1.54, 1.807) is 0 Å². The van der Waals surface area contributed by atoms with Crippen LogP contribution in [0.3, 0.4) is 0 Å². The van der Waals surface area contributed by atoms with E-state index in [9.17, 15) is 0 Å². The summed E-state index contributed by atoms with van der Waals surface area (Å²) >= 11 is 0. The van der Waals surface area contributed by atoms with Gasteiger partial charge in [-0.25, -0.2) is 33.4 Å². The summed E-state index contributed by atoms with van der Waals surface area (Å²) in [5.41, 5.74) is 17.1. The van der Waals surface area contributed by atoms with Crippen molar-refractivity contribution < 1.29 is 98.1 Å². The first kappa shape index (κ1) is 123. The molecule has 3 aromatic heterocycles. The minimum Gasteiger partial charge on any atom is -0.344 e. The van der Waals surface area contributed by atoms with Crippen LogP contribution >= 0.6 is 0 Å². The summed E-state index contributed by atoms with van der Waals surface area (Å²) in [5.74, 6) is 0. The molecule has 0 atom stereocenters. The molecular formula is C105H147N3Y3-6. The molecule has 0 N–H and O–H groups in total. The molecular weight excluding hydrogens is 1570 g/mol. The number of rotatable bonds is 3. The van der Waals surface area contributed by atoms with Crippen molar-refractivity contribution in [2.45, 2.75) is 209 Å². The molecule has 111 heavy (non-hydrogen) atoms. The van der Waals surface area contributed by atoms with Gasteiger partial charge in [-0.3, -0.25) is 0 Å². The standard InChI is InChI=1S/2C14H13N.C13H11N.3C12H8.13C2H6.2CH4.3Y/c1-10-6-5-9-13-14(10)11-7-3-4-8-12(11)15(13)2;1-10-7-8-14-12(9-10)11-5-3-4-6-13(11)15(14)2;1-14-12-8-4-2-6-10(12)11-7-3-5-9-13(11)14;3*1-3-7-11(8-4-1)12-9-5-2-6-10-12;13*1-2;;;;;/h2*3-9H,1-2H3;2-9H,1H3;3*1-7,9H;13*1-2H3;2*1H4;;;/q;;;3*-2;;;;;;;;;;;;;;;;;;. The molecule has 3 heterocycles. The molecule has 0 unspecified atom stereocenters. The van der Waals surface area contributed by atoms with E-state index < -0.39 is 0 Å². The van der Waals surface area contributed by atoms with Crippen LogP contribution in [0.4, 0.5) is 0 Å². The molecule has 597 valence electrons. The fourth-order valence-corrected chi connectivity index (χ4v) is 10.2. The largest absolute Gasteiger partial charge is 0.344 e. The topological polar surface area (TPSA) is 14.8 Å². The van der Waals surface area contributed by atoms with Crippen LogP contribution in [-0.2, 0) is 119 Å². The maximum atomic E-state index is 3.15. The third-order valence-corrected chi connectivity index (χ3v) is 14.2. The molecule has 15 aromatic rings. The normalized spacial score (nSPS) is 8.32. The maximum absolute atomic E-state index is 3.15. The Morgan fingerprint density at radius 3 is 0.649 bits per heavy atom. The van der Waals surface area contributed by atoms with Crippen molar-refractivity contribution in [3.05, 3.63) is 327 Å². The van der Waals surface area contributed by atoms with Gasteiger partial charge in [-0.05, 0) is 61.9 Å². The van der Waals surface area contributed by atoms with Crippen LogP contribution in [0.2, 0.25) is 0 Å². The Morgan fingerprint density at radius 1 is 0.198 bits per heavy atom. The third-order valence-electron chi connectivity index (χ3n) is 14.2. The number of aryl methyl sites for hydroxylation is 5. The number of para-hydroxylation sites is 4. The first-order valence-corrected chi connectivity index (χ1v) is 39.9. The first-order chi connectivity index (χ1) is 52.3. The van der Waals surface area contributed by atoms with Crippen LogP contribution in [0.5, 0.6) is 0 Å². The van der Waals surface area contributed by atoms with Crippen molar-refractivity contribution >= 4 is 65.4 Å². The Bertz CT molecular complexity index is 4040. The second kappa shape index (κ2) is 82.8. The summed E-state index contributed by atoms with van der Waals surface area (Å²) in [6, 6.07) is 114. The van der Waals surface area contributed by atoms with Crippen molar-refractivity contribution in [3.8, 4) is 33.4 Å². The molecule has 0 bridgehead atoms. The summed E-state index contributed by atoms with van der Waals surface area (Å²) in [4.78, 5) is 0. The van der Waals surface area contributed by atoms with Gasteiger partial charge >= 0.3 is 0 Å². The summed E-state index contributed by atoms with van der Waals surface area (Å²) in [6.07, 6.45) is 0. The predicted octanol–water partition coefficient (Wildman–Crippen LogP) is 34.1. The third kappa shape index (κ3) is 41.3.